The summed E-state index contributed by atoms with van der Waals surface area (Å²) in [7, 11) is 0. The Balaban J connectivity index is 1.59. The Labute approximate surface area is 158 Å². The average molecular weight is 398 g/mol. The molecule has 1 saturated heterocycles. The van der Waals surface area contributed by atoms with E-state index in [0.717, 1.165) is 25.3 Å². The summed E-state index contributed by atoms with van der Waals surface area (Å²) in [5.74, 6) is -3.47. The number of urea groups is 1. The second-order valence-corrected chi connectivity index (χ2v) is 6.83. The van der Waals surface area contributed by atoms with Gasteiger partial charge in [-0.3, -0.25) is 15.0 Å². The van der Waals surface area contributed by atoms with Gasteiger partial charge in [-0.1, -0.05) is 36.9 Å². The number of carbonyl (C=O) groups excluding carboxylic acids is 4. The summed E-state index contributed by atoms with van der Waals surface area (Å²) in [5, 5.41) is 3.06. The Morgan fingerprint density at radius 3 is 2.63 bits per heavy atom. The van der Waals surface area contributed by atoms with Crippen LogP contribution in [0.1, 0.15) is 42.5 Å². The second-order valence-electron chi connectivity index (χ2n) is 6.42. The first-order valence-electron chi connectivity index (χ1n) is 8.41. The molecule has 0 aromatic heterocycles. The molecule has 2 aliphatic rings. The van der Waals surface area contributed by atoms with E-state index in [-0.39, 0.29) is 5.02 Å². The zero-order valence-corrected chi connectivity index (χ0v) is 15.0. The van der Waals surface area contributed by atoms with Gasteiger partial charge in [0.2, 0.25) is 0 Å². The van der Waals surface area contributed by atoms with E-state index in [2.05, 4.69) is 10.7 Å². The van der Waals surface area contributed by atoms with Crippen molar-refractivity contribution in [2.75, 3.05) is 6.61 Å². The number of hydrogen-bond donors (Lipinski definition) is 2. The van der Waals surface area contributed by atoms with Crippen molar-refractivity contribution in [1.82, 2.24) is 15.8 Å². The third-order valence-electron chi connectivity index (χ3n) is 4.61. The Hall–Kier alpha value is -2.68. The number of imide groups is 1. The lowest BCUT2D eigenvalue weighted by molar-refractivity contribution is -0.140. The van der Waals surface area contributed by atoms with Gasteiger partial charge in [0.25, 0.3) is 11.8 Å². The lowest BCUT2D eigenvalue weighted by Gasteiger charge is -2.30. The topological polar surface area (TPSA) is 105 Å². The zero-order valence-electron chi connectivity index (χ0n) is 14.2. The van der Waals surface area contributed by atoms with Crippen molar-refractivity contribution in [3.05, 3.63) is 34.6 Å². The van der Waals surface area contributed by atoms with Crippen LogP contribution < -0.4 is 10.7 Å². The number of rotatable bonds is 4. The van der Waals surface area contributed by atoms with Crippen LogP contribution in [-0.2, 0) is 14.3 Å². The van der Waals surface area contributed by atoms with Crippen LogP contribution in [0.25, 0.3) is 0 Å². The largest absolute Gasteiger partial charge is 0.452 e. The van der Waals surface area contributed by atoms with Crippen molar-refractivity contribution in [3.63, 3.8) is 0 Å². The quantitative estimate of drug-likeness (QED) is 0.596. The molecule has 1 aliphatic carbocycles. The lowest BCUT2D eigenvalue weighted by Crippen LogP contribution is -2.51. The van der Waals surface area contributed by atoms with Crippen molar-refractivity contribution in [3.8, 4) is 0 Å². The molecule has 1 heterocycles. The number of esters is 1. The van der Waals surface area contributed by atoms with Crippen LogP contribution in [0.15, 0.2) is 18.2 Å². The van der Waals surface area contributed by atoms with Crippen LogP contribution in [0.3, 0.4) is 0 Å². The Bertz CT molecular complexity index is 790. The third kappa shape index (κ3) is 3.73. The highest BCUT2D eigenvalue weighted by Crippen LogP contribution is 2.33. The summed E-state index contributed by atoms with van der Waals surface area (Å²) < 4.78 is 18.4. The number of nitrogens with zero attached hydrogens (tertiary/aromatic N) is 1. The number of benzene rings is 1. The molecule has 0 bridgehead atoms. The molecule has 2 fully saturated rings. The maximum absolute atomic E-state index is 13.7. The van der Waals surface area contributed by atoms with Crippen molar-refractivity contribution in [2.24, 2.45) is 0 Å². The normalized spacial score (nSPS) is 18.4. The molecule has 4 amide bonds. The molecule has 0 atom stereocenters. The molecule has 3 rings (SSSR count). The Morgan fingerprint density at radius 1 is 1.26 bits per heavy atom. The number of amides is 4. The zero-order chi connectivity index (χ0) is 19.6. The monoisotopic (exact) mass is 397 g/mol. The number of nitrogens with one attached hydrogen (secondary N) is 2. The van der Waals surface area contributed by atoms with Gasteiger partial charge in [-0.2, -0.15) is 5.01 Å². The molecule has 2 N–H and O–H groups in total. The highest BCUT2D eigenvalue weighted by Gasteiger charge is 2.52. The second kappa shape index (κ2) is 7.51. The van der Waals surface area contributed by atoms with Gasteiger partial charge in [-0.25, -0.2) is 14.0 Å². The van der Waals surface area contributed by atoms with E-state index in [4.69, 9.17) is 16.3 Å². The van der Waals surface area contributed by atoms with E-state index in [1.54, 1.807) is 0 Å². The van der Waals surface area contributed by atoms with E-state index < -0.39 is 47.3 Å². The molecule has 0 unspecified atom stereocenters. The van der Waals surface area contributed by atoms with Crippen molar-refractivity contribution >= 4 is 35.4 Å². The molecule has 8 nitrogen and oxygen atoms in total. The minimum atomic E-state index is -1.13. The van der Waals surface area contributed by atoms with Gasteiger partial charge in [0, 0.05) is 0 Å². The number of carbonyl (C=O) groups is 4. The molecule has 10 heteroatoms. The van der Waals surface area contributed by atoms with E-state index >= 15 is 0 Å². The molecule has 1 spiro atoms. The highest BCUT2D eigenvalue weighted by molar-refractivity contribution is 6.33. The SMILES string of the molecule is O=C(COC(=O)c1c(F)cccc1Cl)NN1C(=O)NC2(CCCCC2)C1=O. The minimum absolute atomic E-state index is 0.159. The van der Waals surface area contributed by atoms with Crippen LogP contribution in [-0.4, -0.2) is 41.0 Å². The fourth-order valence-corrected chi connectivity index (χ4v) is 3.51. The van der Waals surface area contributed by atoms with Crippen LogP contribution in [0.4, 0.5) is 9.18 Å². The summed E-state index contributed by atoms with van der Waals surface area (Å²) in [4.78, 5) is 48.5. The van der Waals surface area contributed by atoms with Crippen LogP contribution >= 0.6 is 11.6 Å². The van der Waals surface area contributed by atoms with Crippen LogP contribution in [0.2, 0.25) is 5.02 Å². The van der Waals surface area contributed by atoms with E-state index in [0.29, 0.717) is 17.9 Å². The molecule has 1 aromatic carbocycles. The van der Waals surface area contributed by atoms with Gasteiger partial charge in [0.05, 0.1) is 5.02 Å². The Morgan fingerprint density at radius 2 is 1.96 bits per heavy atom. The van der Waals surface area contributed by atoms with Crippen LogP contribution in [0, 0.1) is 5.82 Å². The summed E-state index contributed by atoms with van der Waals surface area (Å²) in [6.45, 7) is -0.812. The van der Waals surface area contributed by atoms with Crippen molar-refractivity contribution < 1.29 is 28.3 Å². The standard InChI is InChI=1S/C17H17ClFN3O5/c18-10-5-4-6-11(19)13(10)14(24)27-9-12(23)21-22-15(25)17(20-16(22)26)7-2-1-3-8-17/h4-6H,1-3,7-9H2,(H,20,26)(H,21,23). The van der Waals surface area contributed by atoms with Crippen molar-refractivity contribution in [2.45, 2.75) is 37.6 Å². The highest BCUT2D eigenvalue weighted by atomic mass is 35.5. The van der Waals surface area contributed by atoms with Gasteiger partial charge < -0.3 is 10.1 Å². The van der Waals surface area contributed by atoms with Gasteiger partial charge in [0.15, 0.2) is 6.61 Å². The molecule has 1 aromatic rings. The maximum atomic E-state index is 13.7. The predicted octanol–water partition coefficient (Wildman–Crippen LogP) is 1.92. The van der Waals surface area contributed by atoms with Crippen LogP contribution in [0.5, 0.6) is 0 Å². The number of halogens is 2. The maximum Gasteiger partial charge on any atom is 0.344 e. The first-order valence-corrected chi connectivity index (χ1v) is 8.79. The van der Waals surface area contributed by atoms with Gasteiger partial charge in [-0.15, -0.1) is 0 Å². The summed E-state index contributed by atoms with van der Waals surface area (Å²) in [6.07, 6.45) is 3.59. The summed E-state index contributed by atoms with van der Waals surface area (Å²) in [5.41, 5.74) is 0.632. The molecule has 0 radical (unpaired) electrons. The first-order chi connectivity index (χ1) is 12.8. The molecule has 1 aliphatic heterocycles. The fraction of sp³-hybridized carbons (Fsp3) is 0.412. The average Bonchev–Trinajstić information content (AvgIpc) is 2.84. The van der Waals surface area contributed by atoms with Gasteiger partial charge >= 0.3 is 12.0 Å². The third-order valence-corrected chi connectivity index (χ3v) is 4.92. The van der Waals surface area contributed by atoms with Gasteiger partial charge in [0.1, 0.15) is 16.9 Å². The van der Waals surface area contributed by atoms with E-state index in [9.17, 15) is 23.6 Å². The molecular formula is C17H17ClFN3O5. The van der Waals surface area contributed by atoms with Gasteiger partial charge in [-0.05, 0) is 25.0 Å². The molecular weight excluding hydrogens is 381 g/mol. The Kier molecular flexibility index (Phi) is 5.31. The number of ether oxygens (including phenoxy) is 1. The fourth-order valence-electron chi connectivity index (χ4n) is 3.27. The molecule has 144 valence electrons. The lowest BCUT2D eigenvalue weighted by atomic mass is 9.82. The first kappa shape index (κ1) is 19.1. The molecule has 1 saturated carbocycles. The van der Waals surface area contributed by atoms with Crippen molar-refractivity contribution in [1.29, 1.82) is 0 Å². The van der Waals surface area contributed by atoms with E-state index in [1.165, 1.54) is 12.1 Å². The molecule has 27 heavy (non-hydrogen) atoms. The number of hydrogen-bond acceptors (Lipinski definition) is 5. The summed E-state index contributed by atoms with van der Waals surface area (Å²) in [6, 6.07) is 2.91. The predicted molar refractivity (Wildman–Crippen MR) is 91.0 cm³/mol. The summed E-state index contributed by atoms with van der Waals surface area (Å²) >= 11 is 5.75. The number of hydrazine groups is 1. The van der Waals surface area contributed by atoms with E-state index in [1.807, 2.05) is 0 Å². The smallest absolute Gasteiger partial charge is 0.344 e. The minimum Gasteiger partial charge on any atom is -0.452 e.